The normalized spacial score (nSPS) is 12.0. The molecule has 1 radical (unpaired) electrons. The Morgan fingerprint density at radius 2 is 2.11 bits per heavy atom. The molecule has 2 heteroatoms. The zero-order valence-electron chi connectivity index (χ0n) is 6.22. The number of unbranched alkanes of at least 4 members (excludes halogenated alkanes) is 1. The van der Waals surface area contributed by atoms with E-state index in [1.54, 1.807) is 0 Å². The number of aliphatic hydroxyl groups is 1. The van der Waals surface area contributed by atoms with E-state index in [0.29, 0.717) is 0 Å². The van der Waals surface area contributed by atoms with E-state index in [9.17, 15) is 0 Å². The van der Waals surface area contributed by atoms with Gasteiger partial charge in [0.05, 0.1) is 0 Å². The van der Waals surface area contributed by atoms with Gasteiger partial charge in [0.15, 0.2) is 0 Å². The summed E-state index contributed by atoms with van der Waals surface area (Å²) in [6, 6.07) is 0. The molecule has 0 rings (SSSR count). The lowest BCUT2D eigenvalue weighted by atomic mass is 9.99. The molecule has 3 N–H and O–H groups in total. The van der Waals surface area contributed by atoms with Crippen LogP contribution in [0.1, 0.15) is 26.7 Å². The predicted molar refractivity (Wildman–Crippen MR) is 38.9 cm³/mol. The van der Waals surface area contributed by atoms with Crippen LogP contribution in [-0.2, 0) is 0 Å². The van der Waals surface area contributed by atoms with Gasteiger partial charge >= 0.3 is 0 Å². The van der Waals surface area contributed by atoms with Crippen molar-refractivity contribution in [1.82, 2.24) is 0 Å². The SMILES string of the molecule is CC(C)(N)CC[CH]CO. The minimum atomic E-state index is -0.0916. The second-order valence-corrected chi connectivity index (χ2v) is 3.00. The van der Waals surface area contributed by atoms with Crippen molar-refractivity contribution in [2.45, 2.75) is 32.2 Å². The van der Waals surface area contributed by atoms with Crippen molar-refractivity contribution < 1.29 is 5.11 Å². The largest absolute Gasteiger partial charge is 0.396 e. The summed E-state index contributed by atoms with van der Waals surface area (Å²) in [6.07, 6.45) is 3.67. The van der Waals surface area contributed by atoms with Crippen LogP contribution in [0.25, 0.3) is 0 Å². The number of rotatable bonds is 4. The van der Waals surface area contributed by atoms with Crippen molar-refractivity contribution in [3.63, 3.8) is 0 Å². The van der Waals surface area contributed by atoms with E-state index >= 15 is 0 Å². The van der Waals surface area contributed by atoms with Gasteiger partial charge in [-0.15, -0.1) is 0 Å². The summed E-state index contributed by atoms with van der Waals surface area (Å²) in [6.45, 7) is 4.13. The molecule has 0 bridgehead atoms. The number of nitrogens with two attached hydrogens (primary N) is 1. The molecule has 0 amide bonds. The Morgan fingerprint density at radius 1 is 1.56 bits per heavy atom. The fraction of sp³-hybridized carbons (Fsp3) is 0.857. The molecule has 0 saturated carbocycles. The first-order valence-electron chi connectivity index (χ1n) is 3.27. The van der Waals surface area contributed by atoms with Crippen LogP contribution in [0.5, 0.6) is 0 Å². The third-order valence-electron chi connectivity index (χ3n) is 1.12. The van der Waals surface area contributed by atoms with Gasteiger partial charge in [-0.2, -0.15) is 0 Å². The minimum absolute atomic E-state index is 0.0916. The first kappa shape index (κ1) is 8.92. The van der Waals surface area contributed by atoms with Crippen LogP contribution in [-0.4, -0.2) is 17.3 Å². The van der Waals surface area contributed by atoms with Crippen molar-refractivity contribution >= 4 is 0 Å². The third kappa shape index (κ3) is 7.92. The molecule has 2 nitrogen and oxygen atoms in total. The summed E-state index contributed by atoms with van der Waals surface area (Å²) in [5.74, 6) is 0. The van der Waals surface area contributed by atoms with Crippen LogP contribution in [0.15, 0.2) is 0 Å². The van der Waals surface area contributed by atoms with Gasteiger partial charge in [0, 0.05) is 12.1 Å². The molecule has 0 aromatic rings. The molecule has 0 aromatic carbocycles. The van der Waals surface area contributed by atoms with E-state index in [2.05, 4.69) is 0 Å². The Labute approximate surface area is 57.1 Å². The molecular formula is C7H16NO. The molecule has 0 fully saturated rings. The summed E-state index contributed by atoms with van der Waals surface area (Å²) in [7, 11) is 0. The zero-order chi connectivity index (χ0) is 7.33. The maximum Gasteiger partial charge on any atom is 0.0462 e. The fourth-order valence-corrected chi connectivity index (χ4v) is 0.565. The van der Waals surface area contributed by atoms with E-state index in [1.807, 2.05) is 20.3 Å². The van der Waals surface area contributed by atoms with E-state index in [0.717, 1.165) is 12.8 Å². The monoisotopic (exact) mass is 130 g/mol. The molecule has 0 spiro atoms. The van der Waals surface area contributed by atoms with E-state index in [4.69, 9.17) is 10.8 Å². The van der Waals surface area contributed by atoms with Gasteiger partial charge in [-0.25, -0.2) is 0 Å². The highest BCUT2D eigenvalue weighted by Crippen LogP contribution is 2.07. The molecule has 0 unspecified atom stereocenters. The lowest BCUT2D eigenvalue weighted by Gasteiger charge is -2.16. The number of aliphatic hydroxyl groups excluding tert-OH is 1. The van der Waals surface area contributed by atoms with Crippen LogP contribution in [0.3, 0.4) is 0 Å². The lowest BCUT2D eigenvalue weighted by molar-refractivity contribution is 0.318. The Morgan fingerprint density at radius 3 is 2.44 bits per heavy atom. The molecule has 0 aliphatic carbocycles. The van der Waals surface area contributed by atoms with Crippen LogP contribution in [0.2, 0.25) is 0 Å². The maximum absolute atomic E-state index is 8.37. The van der Waals surface area contributed by atoms with Crippen molar-refractivity contribution in [2.24, 2.45) is 5.73 Å². The second-order valence-electron chi connectivity index (χ2n) is 3.00. The van der Waals surface area contributed by atoms with E-state index in [1.165, 1.54) is 0 Å². The van der Waals surface area contributed by atoms with E-state index < -0.39 is 0 Å². The van der Waals surface area contributed by atoms with Crippen LogP contribution < -0.4 is 5.73 Å². The summed E-state index contributed by atoms with van der Waals surface area (Å²) in [4.78, 5) is 0. The van der Waals surface area contributed by atoms with Gasteiger partial charge in [0.2, 0.25) is 0 Å². The molecule has 0 saturated heterocycles. The number of hydrogen-bond acceptors (Lipinski definition) is 2. The third-order valence-corrected chi connectivity index (χ3v) is 1.12. The molecule has 0 aromatic heterocycles. The Balaban J connectivity index is 3.07. The first-order chi connectivity index (χ1) is 4.06. The van der Waals surface area contributed by atoms with Crippen LogP contribution in [0.4, 0.5) is 0 Å². The highest BCUT2D eigenvalue weighted by Gasteiger charge is 2.08. The topological polar surface area (TPSA) is 46.2 Å². The second kappa shape index (κ2) is 3.85. The van der Waals surface area contributed by atoms with E-state index in [-0.39, 0.29) is 12.1 Å². The molecule has 0 aliphatic rings. The lowest BCUT2D eigenvalue weighted by Crippen LogP contribution is -2.31. The van der Waals surface area contributed by atoms with Gasteiger partial charge in [0.25, 0.3) is 0 Å². The van der Waals surface area contributed by atoms with Crippen molar-refractivity contribution in [2.75, 3.05) is 6.61 Å². The highest BCUT2D eigenvalue weighted by molar-refractivity contribution is 4.75. The Bertz CT molecular complexity index is 65.8. The summed E-state index contributed by atoms with van der Waals surface area (Å²) in [5.41, 5.74) is 5.58. The highest BCUT2D eigenvalue weighted by atomic mass is 16.2. The van der Waals surface area contributed by atoms with Crippen molar-refractivity contribution in [3.8, 4) is 0 Å². The maximum atomic E-state index is 8.37. The van der Waals surface area contributed by atoms with Gasteiger partial charge in [-0.05, 0) is 33.1 Å². The number of hydrogen-bond donors (Lipinski definition) is 2. The average molecular weight is 130 g/mol. The average Bonchev–Trinajstić information content (AvgIpc) is 1.63. The van der Waals surface area contributed by atoms with Gasteiger partial charge in [-0.1, -0.05) is 0 Å². The smallest absolute Gasteiger partial charge is 0.0462 e. The van der Waals surface area contributed by atoms with Gasteiger partial charge in [0.1, 0.15) is 0 Å². The van der Waals surface area contributed by atoms with Crippen molar-refractivity contribution in [1.29, 1.82) is 0 Å². The van der Waals surface area contributed by atoms with Crippen LogP contribution >= 0.6 is 0 Å². The Kier molecular flexibility index (Phi) is 3.82. The van der Waals surface area contributed by atoms with Gasteiger partial charge < -0.3 is 10.8 Å². The molecule has 9 heavy (non-hydrogen) atoms. The van der Waals surface area contributed by atoms with Gasteiger partial charge in [-0.3, -0.25) is 0 Å². The molecular weight excluding hydrogens is 114 g/mol. The molecule has 0 aliphatic heterocycles. The minimum Gasteiger partial charge on any atom is -0.396 e. The molecule has 55 valence electrons. The Hall–Kier alpha value is -0.0800. The summed E-state index contributed by atoms with van der Waals surface area (Å²) in [5, 5.41) is 8.37. The standard InChI is InChI=1S/C7H16NO/c1-7(2,8)5-3-4-6-9/h4,9H,3,5-6,8H2,1-2H3. The first-order valence-corrected chi connectivity index (χ1v) is 3.27. The van der Waals surface area contributed by atoms with Crippen molar-refractivity contribution in [3.05, 3.63) is 6.42 Å². The molecule has 0 heterocycles. The zero-order valence-corrected chi connectivity index (χ0v) is 6.22. The fourth-order valence-electron chi connectivity index (χ4n) is 0.565. The summed E-state index contributed by atoms with van der Waals surface area (Å²) < 4.78 is 0. The molecule has 0 atom stereocenters. The van der Waals surface area contributed by atoms with Crippen LogP contribution in [0, 0.1) is 6.42 Å². The predicted octanol–water partition coefficient (Wildman–Crippen LogP) is 0.700. The quantitative estimate of drug-likeness (QED) is 0.550. The summed E-state index contributed by atoms with van der Waals surface area (Å²) >= 11 is 0.